The highest BCUT2D eigenvalue weighted by Crippen LogP contribution is 2.09. The second-order valence-corrected chi connectivity index (χ2v) is 4.15. The second-order valence-electron chi connectivity index (χ2n) is 3.79. The first-order valence-corrected chi connectivity index (χ1v) is 5.97. The number of aromatic amines is 1. The molecule has 0 fully saturated rings. The fraction of sp³-hybridized carbons (Fsp3) is 0.500. The largest absolute Gasteiger partial charge is 0.396 e. The van der Waals surface area contributed by atoms with Crippen LogP contribution in [-0.4, -0.2) is 30.8 Å². The molecule has 0 aliphatic carbocycles. The van der Waals surface area contributed by atoms with Gasteiger partial charge in [-0.1, -0.05) is 0 Å². The molecular weight excluding hydrogens is 260 g/mol. The molecule has 2 aromatic rings. The standard InChI is InChI=1S/C10H13ClN4O3/c1-2-14-7-6(12-9(11)13-7)8(17)15(10(14)18)4-3-5-16/h16H,2-5H2,1H3,(H,12,13). The molecule has 0 aromatic carbocycles. The Kier molecular flexibility index (Phi) is 3.53. The number of fused-ring (bicyclic) bond motifs is 1. The molecule has 0 saturated carbocycles. The highest BCUT2D eigenvalue weighted by Gasteiger charge is 2.15. The summed E-state index contributed by atoms with van der Waals surface area (Å²) in [7, 11) is 0. The molecule has 0 unspecified atom stereocenters. The first-order chi connectivity index (χ1) is 8.60. The maximum Gasteiger partial charge on any atom is 0.332 e. The number of imidazole rings is 1. The van der Waals surface area contributed by atoms with E-state index in [-0.39, 0.29) is 29.6 Å². The average molecular weight is 273 g/mol. The Balaban J connectivity index is 2.79. The molecule has 98 valence electrons. The third-order valence-corrected chi connectivity index (χ3v) is 2.87. The first kappa shape index (κ1) is 12.8. The highest BCUT2D eigenvalue weighted by molar-refractivity contribution is 6.28. The number of aromatic nitrogens is 4. The van der Waals surface area contributed by atoms with Crippen molar-refractivity contribution in [1.29, 1.82) is 0 Å². The average Bonchev–Trinajstić information content (AvgIpc) is 2.72. The van der Waals surface area contributed by atoms with Gasteiger partial charge in [0.25, 0.3) is 5.56 Å². The molecule has 0 aliphatic rings. The van der Waals surface area contributed by atoms with Crippen molar-refractivity contribution in [2.75, 3.05) is 6.61 Å². The minimum Gasteiger partial charge on any atom is -0.396 e. The van der Waals surface area contributed by atoms with Crippen LogP contribution in [0.3, 0.4) is 0 Å². The Labute approximate surface area is 107 Å². The zero-order valence-electron chi connectivity index (χ0n) is 9.81. The summed E-state index contributed by atoms with van der Waals surface area (Å²) in [4.78, 5) is 30.8. The minimum atomic E-state index is -0.465. The maximum atomic E-state index is 12.1. The molecule has 2 heterocycles. The van der Waals surface area contributed by atoms with E-state index < -0.39 is 11.2 Å². The van der Waals surface area contributed by atoms with Gasteiger partial charge >= 0.3 is 5.69 Å². The summed E-state index contributed by atoms with van der Waals surface area (Å²) in [5.74, 6) is 0. The Morgan fingerprint density at radius 2 is 2.11 bits per heavy atom. The van der Waals surface area contributed by atoms with Gasteiger partial charge in [0.1, 0.15) is 0 Å². The number of halogens is 1. The molecule has 2 N–H and O–H groups in total. The van der Waals surface area contributed by atoms with Crippen LogP contribution in [0, 0.1) is 0 Å². The number of aliphatic hydroxyl groups excluding tert-OH is 1. The van der Waals surface area contributed by atoms with Crippen LogP contribution in [0.4, 0.5) is 0 Å². The van der Waals surface area contributed by atoms with Gasteiger partial charge in [0, 0.05) is 19.7 Å². The van der Waals surface area contributed by atoms with Crippen molar-refractivity contribution in [3.05, 3.63) is 26.1 Å². The molecule has 0 bridgehead atoms. The van der Waals surface area contributed by atoms with Crippen molar-refractivity contribution in [2.24, 2.45) is 0 Å². The van der Waals surface area contributed by atoms with Crippen LogP contribution >= 0.6 is 11.6 Å². The lowest BCUT2D eigenvalue weighted by atomic mass is 10.4. The van der Waals surface area contributed by atoms with Gasteiger partial charge in [-0.2, -0.15) is 4.98 Å². The van der Waals surface area contributed by atoms with Gasteiger partial charge in [0.05, 0.1) is 0 Å². The molecule has 0 aliphatic heterocycles. The van der Waals surface area contributed by atoms with Crippen LogP contribution in [0.2, 0.25) is 5.28 Å². The molecule has 0 amide bonds. The number of aliphatic hydroxyl groups is 1. The zero-order chi connectivity index (χ0) is 13.3. The summed E-state index contributed by atoms with van der Waals surface area (Å²) >= 11 is 5.72. The summed E-state index contributed by atoms with van der Waals surface area (Å²) < 4.78 is 2.45. The van der Waals surface area contributed by atoms with Crippen LogP contribution in [0.1, 0.15) is 13.3 Å². The van der Waals surface area contributed by atoms with Crippen LogP contribution in [0.15, 0.2) is 9.59 Å². The molecule has 0 radical (unpaired) electrons. The fourth-order valence-corrected chi connectivity index (χ4v) is 2.02. The summed E-state index contributed by atoms with van der Waals surface area (Å²) in [6.45, 7) is 2.25. The maximum absolute atomic E-state index is 12.1. The fourth-order valence-electron chi connectivity index (χ4n) is 1.85. The van der Waals surface area contributed by atoms with E-state index in [1.807, 2.05) is 0 Å². The highest BCUT2D eigenvalue weighted by atomic mass is 35.5. The van der Waals surface area contributed by atoms with Crippen molar-refractivity contribution >= 4 is 22.8 Å². The molecule has 0 saturated heterocycles. The van der Waals surface area contributed by atoms with Crippen molar-refractivity contribution in [1.82, 2.24) is 19.1 Å². The number of H-pyrrole nitrogens is 1. The number of nitrogens with zero attached hydrogens (tertiary/aromatic N) is 3. The normalized spacial score (nSPS) is 11.3. The molecule has 2 aromatic heterocycles. The Bertz CT molecular complexity index is 685. The van der Waals surface area contributed by atoms with E-state index in [4.69, 9.17) is 16.7 Å². The molecule has 18 heavy (non-hydrogen) atoms. The van der Waals surface area contributed by atoms with Gasteiger partial charge in [-0.3, -0.25) is 13.9 Å². The van der Waals surface area contributed by atoms with Crippen molar-refractivity contribution in [2.45, 2.75) is 26.4 Å². The molecule has 0 atom stereocenters. The molecule has 7 nitrogen and oxygen atoms in total. The third-order valence-electron chi connectivity index (χ3n) is 2.69. The molecular formula is C10H13ClN4O3. The van der Waals surface area contributed by atoms with Gasteiger partial charge < -0.3 is 10.1 Å². The van der Waals surface area contributed by atoms with Crippen LogP contribution in [0.25, 0.3) is 11.2 Å². The van der Waals surface area contributed by atoms with E-state index in [0.717, 1.165) is 4.57 Å². The smallest absolute Gasteiger partial charge is 0.332 e. The van der Waals surface area contributed by atoms with Gasteiger partial charge in [-0.25, -0.2) is 4.79 Å². The SMILES string of the molecule is CCn1c(=O)n(CCCO)c(=O)c2[nH]c(Cl)nc21. The van der Waals surface area contributed by atoms with E-state index in [0.29, 0.717) is 13.0 Å². The molecule has 8 heteroatoms. The molecule has 0 spiro atoms. The minimum absolute atomic E-state index is 0.0728. The van der Waals surface area contributed by atoms with Gasteiger partial charge in [0.15, 0.2) is 11.2 Å². The Morgan fingerprint density at radius 3 is 2.72 bits per heavy atom. The summed E-state index contributed by atoms with van der Waals surface area (Å²) in [5, 5.41) is 8.86. The molecule has 2 rings (SSSR count). The number of rotatable bonds is 4. The van der Waals surface area contributed by atoms with E-state index >= 15 is 0 Å². The van der Waals surface area contributed by atoms with E-state index in [1.165, 1.54) is 4.57 Å². The van der Waals surface area contributed by atoms with E-state index in [1.54, 1.807) is 6.92 Å². The zero-order valence-corrected chi connectivity index (χ0v) is 10.6. The summed E-state index contributed by atoms with van der Waals surface area (Å²) in [6.07, 6.45) is 0.340. The van der Waals surface area contributed by atoms with Gasteiger partial charge in [0.2, 0.25) is 5.28 Å². The van der Waals surface area contributed by atoms with Crippen LogP contribution in [0.5, 0.6) is 0 Å². The quantitative estimate of drug-likeness (QED) is 0.763. The summed E-state index contributed by atoms with van der Waals surface area (Å²) in [5.41, 5.74) is -0.434. The monoisotopic (exact) mass is 272 g/mol. The van der Waals surface area contributed by atoms with Crippen molar-refractivity contribution in [3.63, 3.8) is 0 Å². The Hall–Kier alpha value is -1.60. The van der Waals surface area contributed by atoms with E-state index in [9.17, 15) is 9.59 Å². The predicted molar refractivity (Wildman–Crippen MR) is 67.0 cm³/mol. The lowest BCUT2D eigenvalue weighted by molar-refractivity contribution is 0.277. The lowest BCUT2D eigenvalue weighted by Crippen LogP contribution is -2.40. The Morgan fingerprint density at radius 1 is 1.39 bits per heavy atom. The predicted octanol–water partition coefficient (Wildman–Crippen LogP) is -0.0580. The topological polar surface area (TPSA) is 92.9 Å². The number of hydrogen-bond donors (Lipinski definition) is 2. The summed E-state index contributed by atoms with van der Waals surface area (Å²) in [6, 6.07) is 0. The van der Waals surface area contributed by atoms with Crippen LogP contribution < -0.4 is 11.2 Å². The van der Waals surface area contributed by atoms with Gasteiger partial charge in [-0.15, -0.1) is 0 Å². The number of nitrogens with one attached hydrogen (secondary N) is 1. The first-order valence-electron chi connectivity index (χ1n) is 5.59. The number of aryl methyl sites for hydroxylation is 1. The van der Waals surface area contributed by atoms with Crippen LogP contribution in [-0.2, 0) is 13.1 Å². The number of hydrogen-bond acceptors (Lipinski definition) is 4. The lowest BCUT2D eigenvalue weighted by Gasteiger charge is -2.08. The van der Waals surface area contributed by atoms with E-state index in [2.05, 4.69) is 9.97 Å². The van der Waals surface area contributed by atoms with Crippen molar-refractivity contribution in [3.8, 4) is 0 Å². The second kappa shape index (κ2) is 4.95. The van der Waals surface area contributed by atoms with Crippen molar-refractivity contribution < 1.29 is 5.11 Å². The van der Waals surface area contributed by atoms with Gasteiger partial charge in [-0.05, 0) is 24.9 Å². The third kappa shape index (κ3) is 1.95.